The van der Waals surface area contributed by atoms with Gasteiger partial charge in [-0.2, -0.15) is 0 Å². The van der Waals surface area contributed by atoms with Crippen molar-refractivity contribution in [1.82, 2.24) is 19.2 Å². The minimum absolute atomic E-state index is 0.0851. The van der Waals surface area contributed by atoms with Gasteiger partial charge in [-0.1, -0.05) is 17.8 Å². The quantitative estimate of drug-likeness (QED) is 0.321. The fourth-order valence-electron chi connectivity index (χ4n) is 3.42. The van der Waals surface area contributed by atoms with Crippen LogP contribution in [0.1, 0.15) is 11.8 Å². The molecule has 33 heavy (non-hydrogen) atoms. The normalized spacial score (nSPS) is 11.3. The molecule has 5 aromatic rings. The summed E-state index contributed by atoms with van der Waals surface area (Å²) in [5.41, 5.74) is 1.36. The highest BCUT2D eigenvalue weighted by Crippen LogP contribution is 2.25. The molecule has 5 rings (SSSR count). The van der Waals surface area contributed by atoms with Crippen molar-refractivity contribution in [1.29, 1.82) is 0 Å². The number of amides is 1. The van der Waals surface area contributed by atoms with Gasteiger partial charge >= 0.3 is 0 Å². The standard InChI is InChI=1S/C22H19N5O3S3/c1-2-30-15-7-5-14(6-8-15)23-18(28)13-33-22-25-24-21-26(12-16-4-3-10-31-16)20(29)19-17(27(21)22)9-11-32-19/h3-11H,2,12-13H2,1H3,(H,23,28). The van der Waals surface area contributed by atoms with E-state index in [1.165, 1.54) is 23.1 Å². The fraction of sp³-hybridized carbons (Fsp3) is 0.182. The highest BCUT2D eigenvalue weighted by atomic mass is 32.2. The molecule has 4 heterocycles. The monoisotopic (exact) mass is 497 g/mol. The van der Waals surface area contributed by atoms with Crippen molar-refractivity contribution in [2.75, 3.05) is 17.7 Å². The van der Waals surface area contributed by atoms with Gasteiger partial charge in [0.1, 0.15) is 10.4 Å². The first-order chi connectivity index (χ1) is 16.1. The zero-order valence-electron chi connectivity index (χ0n) is 17.6. The maximum Gasteiger partial charge on any atom is 0.273 e. The lowest BCUT2D eigenvalue weighted by Crippen LogP contribution is -2.22. The van der Waals surface area contributed by atoms with Crippen LogP contribution in [0.2, 0.25) is 0 Å². The van der Waals surface area contributed by atoms with Crippen molar-refractivity contribution in [3.63, 3.8) is 0 Å². The number of thioether (sulfide) groups is 1. The number of fused-ring (bicyclic) bond motifs is 3. The number of carbonyl (C=O) groups excluding carboxylic acids is 1. The van der Waals surface area contributed by atoms with E-state index in [2.05, 4.69) is 15.5 Å². The molecule has 0 unspecified atom stereocenters. The Bertz CT molecular complexity index is 1470. The smallest absolute Gasteiger partial charge is 0.273 e. The van der Waals surface area contributed by atoms with E-state index in [0.29, 0.717) is 34.5 Å². The van der Waals surface area contributed by atoms with Crippen LogP contribution in [-0.4, -0.2) is 37.4 Å². The topological polar surface area (TPSA) is 90.5 Å². The Morgan fingerprint density at radius 1 is 1.12 bits per heavy atom. The van der Waals surface area contributed by atoms with Crippen LogP contribution in [0.4, 0.5) is 5.69 Å². The van der Waals surface area contributed by atoms with Gasteiger partial charge in [0.15, 0.2) is 5.16 Å². The molecular weight excluding hydrogens is 478 g/mol. The number of nitrogens with one attached hydrogen (secondary N) is 1. The van der Waals surface area contributed by atoms with Gasteiger partial charge in [-0.3, -0.25) is 18.6 Å². The fourth-order valence-corrected chi connectivity index (χ4v) is 5.68. The second kappa shape index (κ2) is 9.38. The van der Waals surface area contributed by atoms with Crippen molar-refractivity contribution in [3.05, 3.63) is 68.5 Å². The second-order valence-electron chi connectivity index (χ2n) is 7.02. The van der Waals surface area contributed by atoms with E-state index in [0.717, 1.165) is 16.1 Å². The summed E-state index contributed by atoms with van der Waals surface area (Å²) in [4.78, 5) is 26.7. The summed E-state index contributed by atoms with van der Waals surface area (Å²) >= 11 is 4.26. The van der Waals surface area contributed by atoms with Crippen LogP contribution in [0, 0.1) is 0 Å². The van der Waals surface area contributed by atoms with Crippen LogP contribution in [0.3, 0.4) is 0 Å². The number of thiophene rings is 2. The summed E-state index contributed by atoms with van der Waals surface area (Å²) in [6, 6.07) is 13.1. The maximum atomic E-state index is 13.1. The molecule has 0 atom stereocenters. The number of hydrogen-bond acceptors (Lipinski definition) is 8. The van der Waals surface area contributed by atoms with Crippen LogP contribution in [0.15, 0.2) is 63.2 Å². The third kappa shape index (κ3) is 4.39. The van der Waals surface area contributed by atoms with Crippen molar-refractivity contribution < 1.29 is 9.53 Å². The average Bonchev–Trinajstić information content (AvgIpc) is 3.57. The molecule has 0 saturated carbocycles. The molecule has 0 aliphatic heterocycles. The van der Waals surface area contributed by atoms with E-state index in [1.807, 2.05) is 52.4 Å². The van der Waals surface area contributed by atoms with E-state index in [9.17, 15) is 9.59 Å². The van der Waals surface area contributed by atoms with Crippen molar-refractivity contribution in [2.45, 2.75) is 18.6 Å². The number of carbonyl (C=O) groups is 1. The van der Waals surface area contributed by atoms with E-state index < -0.39 is 0 Å². The summed E-state index contributed by atoms with van der Waals surface area (Å²) in [6.07, 6.45) is 0. The van der Waals surface area contributed by atoms with Gasteiger partial charge in [0.25, 0.3) is 5.56 Å². The number of nitrogens with zero attached hydrogens (tertiary/aromatic N) is 4. The molecule has 0 bridgehead atoms. The third-order valence-corrected chi connectivity index (χ3v) is 7.54. The Kier molecular flexibility index (Phi) is 6.16. The number of ether oxygens (including phenoxy) is 1. The molecule has 0 radical (unpaired) electrons. The molecule has 0 aliphatic carbocycles. The van der Waals surface area contributed by atoms with Gasteiger partial charge in [-0.05, 0) is 54.1 Å². The molecule has 4 aromatic heterocycles. The van der Waals surface area contributed by atoms with Gasteiger partial charge in [0.2, 0.25) is 11.7 Å². The van der Waals surface area contributed by atoms with Crippen LogP contribution in [-0.2, 0) is 11.3 Å². The van der Waals surface area contributed by atoms with Crippen LogP contribution >= 0.6 is 34.4 Å². The predicted octanol–water partition coefficient (Wildman–Crippen LogP) is 4.35. The lowest BCUT2D eigenvalue weighted by Gasteiger charge is -2.09. The molecular formula is C22H19N5O3S3. The van der Waals surface area contributed by atoms with Gasteiger partial charge in [-0.25, -0.2) is 0 Å². The van der Waals surface area contributed by atoms with E-state index in [4.69, 9.17) is 4.74 Å². The molecule has 1 N–H and O–H groups in total. The van der Waals surface area contributed by atoms with Gasteiger partial charge in [0.05, 0.1) is 24.4 Å². The SMILES string of the molecule is CCOc1ccc(NC(=O)CSc2nnc3n(Cc4cccs4)c(=O)c4sccc4n23)cc1. The molecule has 11 heteroatoms. The zero-order chi connectivity index (χ0) is 22.8. The Hall–Kier alpha value is -3.15. The Morgan fingerprint density at radius 2 is 1.97 bits per heavy atom. The maximum absolute atomic E-state index is 13.1. The summed E-state index contributed by atoms with van der Waals surface area (Å²) < 4.78 is 9.56. The van der Waals surface area contributed by atoms with Gasteiger partial charge in [0, 0.05) is 10.6 Å². The Morgan fingerprint density at radius 3 is 2.73 bits per heavy atom. The Balaban J connectivity index is 1.39. The summed E-state index contributed by atoms with van der Waals surface area (Å²) in [7, 11) is 0. The second-order valence-corrected chi connectivity index (χ2v) is 9.91. The molecule has 1 aromatic carbocycles. The average molecular weight is 498 g/mol. The number of aromatic nitrogens is 4. The van der Waals surface area contributed by atoms with Crippen LogP contribution < -0.4 is 15.6 Å². The number of anilines is 1. The van der Waals surface area contributed by atoms with Crippen molar-refractivity contribution in [3.8, 4) is 5.75 Å². The van der Waals surface area contributed by atoms with Crippen LogP contribution in [0.25, 0.3) is 16.0 Å². The van der Waals surface area contributed by atoms with Gasteiger partial charge < -0.3 is 10.1 Å². The summed E-state index contributed by atoms with van der Waals surface area (Å²) in [6.45, 7) is 2.94. The first kappa shape index (κ1) is 21.7. The molecule has 0 fully saturated rings. The van der Waals surface area contributed by atoms with Crippen molar-refractivity contribution in [2.24, 2.45) is 0 Å². The summed E-state index contributed by atoms with van der Waals surface area (Å²) in [5, 5.41) is 15.9. The van der Waals surface area contributed by atoms with E-state index in [-0.39, 0.29) is 17.2 Å². The lowest BCUT2D eigenvalue weighted by atomic mass is 10.3. The first-order valence-corrected chi connectivity index (χ1v) is 12.9. The summed E-state index contributed by atoms with van der Waals surface area (Å²) in [5.74, 6) is 1.22. The minimum Gasteiger partial charge on any atom is -0.494 e. The molecule has 1 amide bonds. The molecule has 8 nitrogen and oxygen atoms in total. The molecule has 0 spiro atoms. The number of rotatable bonds is 8. The highest BCUT2D eigenvalue weighted by Gasteiger charge is 2.19. The minimum atomic E-state index is -0.158. The first-order valence-electron chi connectivity index (χ1n) is 10.2. The van der Waals surface area contributed by atoms with Crippen molar-refractivity contribution >= 4 is 62.0 Å². The molecule has 0 saturated heterocycles. The van der Waals surface area contributed by atoms with E-state index in [1.54, 1.807) is 28.0 Å². The lowest BCUT2D eigenvalue weighted by molar-refractivity contribution is -0.113. The van der Waals surface area contributed by atoms with Crippen LogP contribution in [0.5, 0.6) is 5.75 Å². The molecule has 168 valence electrons. The largest absolute Gasteiger partial charge is 0.494 e. The number of hydrogen-bond donors (Lipinski definition) is 1. The third-order valence-electron chi connectivity index (χ3n) is 4.86. The van der Waals surface area contributed by atoms with Gasteiger partial charge in [-0.15, -0.1) is 32.9 Å². The molecule has 0 aliphatic rings. The highest BCUT2D eigenvalue weighted by molar-refractivity contribution is 7.99. The Labute approximate surface area is 200 Å². The zero-order valence-corrected chi connectivity index (χ0v) is 20.0. The number of benzene rings is 1. The van der Waals surface area contributed by atoms with E-state index >= 15 is 0 Å². The predicted molar refractivity (Wildman–Crippen MR) is 133 cm³/mol.